The van der Waals surface area contributed by atoms with Gasteiger partial charge in [0.25, 0.3) is 0 Å². The van der Waals surface area contributed by atoms with Gasteiger partial charge in [0, 0.05) is 0 Å². The average Bonchev–Trinajstić information content (AvgIpc) is 2.87. The Labute approximate surface area is 199 Å². The number of carbonyl (C=O) groups is 2. The van der Waals surface area contributed by atoms with Gasteiger partial charge in [-0.1, -0.05) is 26.7 Å². The maximum atomic E-state index is 11.4. The molecule has 0 bridgehead atoms. The first-order chi connectivity index (χ1) is 10.9. The zero-order chi connectivity index (χ0) is 17.3. The maximum Gasteiger partial charge on any atom is 1.00 e. The zero-order valence-corrected chi connectivity index (χ0v) is 20.6. The van der Waals surface area contributed by atoms with Crippen LogP contribution in [0.15, 0.2) is 4.99 Å². The van der Waals surface area contributed by atoms with Crippen LogP contribution in [0.2, 0.25) is 0 Å². The third-order valence-corrected chi connectivity index (χ3v) is 4.38. The third-order valence-electron chi connectivity index (χ3n) is 4.38. The molecule has 8 nitrogen and oxygen atoms in total. The van der Waals surface area contributed by atoms with Crippen LogP contribution in [0.25, 0.3) is 0 Å². The average molecular weight is 392 g/mol. The van der Waals surface area contributed by atoms with Crippen LogP contribution in [0.3, 0.4) is 0 Å². The van der Waals surface area contributed by atoms with Crippen LogP contribution in [-0.2, 0) is 14.3 Å². The smallest absolute Gasteiger partial charge is 0.870 e. The van der Waals surface area contributed by atoms with Crippen molar-refractivity contribution >= 4 is 17.8 Å². The number of hydrogen-bond donors (Lipinski definition) is 2. The fraction of sp³-hybridized carbons (Fsp3) is 0.812. The van der Waals surface area contributed by atoms with Crippen LogP contribution in [-0.4, -0.2) is 77.3 Å². The van der Waals surface area contributed by atoms with E-state index in [4.69, 9.17) is 9.84 Å². The van der Waals surface area contributed by atoms with E-state index in [9.17, 15) is 14.7 Å². The van der Waals surface area contributed by atoms with E-state index in [0.29, 0.717) is 24.1 Å². The minimum atomic E-state index is -1.01. The SMILES string of the molecule is CCCCC(CC)C1=NCC[N+]1(CCOCC(=O)O)CC(=O)O.[Na+].[Na+].[OH-]. The van der Waals surface area contributed by atoms with E-state index in [2.05, 4.69) is 18.8 Å². The standard InChI is InChI=1S/C16H28N2O5.2Na.H2O/c1-3-5-6-13(4-2)16-17-7-8-18(16,11-14(19)20)9-10-23-12-15(21)22;;;/h13H,3-12H2,1-2H3,(H-,19,20,21,22);;;1H2/q;2*+1;. The van der Waals surface area contributed by atoms with Crippen LogP contribution in [0.1, 0.15) is 39.5 Å². The molecule has 1 rings (SSSR count). The summed E-state index contributed by atoms with van der Waals surface area (Å²) in [6.07, 6.45) is 4.15. The van der Waals surface area contributed by atoms with E-state index >= 15 is 0 Å². The van der Waals surface area contributed by atoms with E-state index < -0.39 is 11.9 Å². The van der Waals surface area contributed by atoms with E-state index in [1.54, 1.807) is 0 Å². The Morgan fingerprint density at radius 1 is 1.23 bits per heavy atom. The molecule has 2 unspecified atom stereocenters. The monoisotopic (exact) mass is 392 g/mol. The van der Waals surface area contributed by atoms with Crippen molar-refractivity contribution in [3.63, 3.8) is 0 Å². The molecule has 3 N–H and O–H groups in total. The Kier molecular flexibility index (Phi) is 19.7. The summed E-state index contributed by atoms with van der Waals surface area (Å²) in [6, 6.07) is 0. The number of ether oxygens (including phenoxy) is 1. The first-order valence-electron chi connectivity index (χ1n) is 8.37. The Morgan fingerprint density at radius 3 is 2.38 bits per heavy atom. The van der Waals surface area contributed by atoms with Gasteiger partial charge in [0.15, 0.2) is 6.54 Å². The number of unbranched alkanes of at least 4 members (excludes halogenated alkanes) is 1. The summed E-state index contributed by atoms with van der Waals surface area (Å²) < 4.78 is 5.45. The predicted molar refractivity (Wildman–Crippen MR) is 88.5 cm³/mol. The summed E-state index contributed by atoms with van der Waals surface area (Å²) in [5, 5.41) is 18.0. The summed E-state index contributed by atoms with van der Waals surface area (Å²) in [5.74, 6) is -0.624. The van der Waals surface area contributed by atoms with Crippen molar-refractivity contribution in [2.45, 2.75) is 39.5 Å². The molecule has 10 heteroatoms. The molecule has 0 radical (unpaired) electrons. The number of nitrogens with zero attached hydrogens (tertiary/aromatic N) is 2. The van der Waals surface area contributed by atoms with Crippen LogP contribution >= 0.6 is 0 Å². The van der Waals surface area contributed by atoms with Crippen molar-refractivity contribution in [1.29, 1.82) is 0 Å². The number of aliphatic carboxylic acids is 2. The molecule has 0 spiro atoms. The topological polar surface area (TPSA) is 126 Å². The van der Waals surface area contributed by atoms with Crippen molar-refractivity contribution in [1.82, 2.24) is 0 Å². The normalized spacial score (nSPS) is 19.4. The fourth-order valence-corrected chi connectivity index (χ4v) is 3.23. The maximum absolute atomic E-state index is 11.4. The minimum absolute atomic E-state index is 0. The molecular weight excluding hydrogens is 362 g/mol. The van der Waals surface area contributed by atoms with Gasteiger partial charge in [0.05, 0.1) is 19.1 Å². The van der Waals surface area contributed by atoms with Gasteiger partial charge in [-0.05, 0) is 12.8 Å². The molecule has 0 aromatic carbocycles. The Bertz CT molecular complexity index is 450. The second kappa shape index (κ2) is 16.4. The quantitative estimate of drug-likeness (QED) is 0.196. The number of quaternary nitrogens is 1. The van der Waals surface area contributed by atoms with Gasteiger partial charge in [0.1, 0.15) is 19.7 Å². The van der Waals surface area contributed by atoms with Crippen molar-refractivity contribution in [2.24, 2.45) is 10.9 Å². The predicted octanol–water partition coefficient (Wildman–Crippen LogP) is -4.55. The molecule has 2 atom stereocenters. The van der Waals surface area contributed by atoms with Crippen LogP contribution in [0.4, 0.5) is 0 Å². The van der Waals surface area contributed by atoms with Crippen molar-refractivity contribution in [3.05, 3.63) is 0 Å². The molecule has 0 amide bonds. The molecule has 0 aliphatic carbocycles. The summed E-state index contributed by atoms with van der Waals surface area (Å²) in [4.78, 5) is 26.5. The molecule has 0 saturated carbocycles. The van der Waals surface area contributed by atoms with Gasteiger partial charge in [0.2, 0.25) is 5.84 Å². The summed E-state index contributed by atoms with van der Waals surface area (Å²) in [6.45, 7) is 5.85. The van der Waals surface area contributed by atoms with Crippen molar-refractivity contribution < 1.29 is 93.6 Å². The molecule has 0 aromatic heterocycles. The number of rotatable bonds is 12. The molecule has 1 heterocycles. The van der Waals surface area contributed by atoms with E-state index in [-0.39, 0.29) is 90.3 Å². The number of amidine groups is 1. The molecule has 1 aliphatic heterocycles. The Balaban J connectivity index is -0.00000176. The first kappa shape index (κ1) is 31.2. The van der Waals surface area contributed by atoms with E-state index in [1.165, 1.54) is 0 Å². The molecule has 26 heavy (non-hydrogen) atoms. The van der Waals surface area contributed by atoms with Gasteiger partial charge in [-0.25, -0.2) is 14.6 Å². The van der Waals surface area contributed by atoms with Crippen molar-refractivity contribution in [2.75, 3.05) is 39.4 Å². The Hall–Kier alpha value is 0.490. The third kappa shape index (κ3) is 10.1. The molecule has 1 aliphatic rings. The minimum Gasteiger partial charge on any atom is -0.870 e. The van der Waals surface area contributed by atoms with Crippen LogP contribution in [0, 0.1) is 5.92 Å². The molecule has 0 fully saturated rings. The van der Waals surface area contributed by atoms with Crippen LogP contribution in [0.5, 0.6) is 0 Å². The number of carboxylic acids is 2. The van der Waals surface area contributed by atoms with Crippen molar-refractivity contribution in [3.8, 4) is 0 Å². The van der Waals surface area contributed by atoms with Gasteiger partial charge in [-0.2, -0.15) is 0 Å². The molecule has 0 aromatic rings. The number of carboxylic acid groups (broad SMARTS) is 2. The summed E-state index contributed by atoms with van der Waals surface area (Å²) in [7, 11) is 0. The second-order valence-corrected chi connectivity index (χ2v) is 6.08. The van der Waals surface area contributed by atoms with Gasteiger partial charge in [-0.3, -0.25) is 4.48 Å². The van der Waals surface area contributed by atoms with E-state index in [0.717, 1.165) is 31.5 Å². The number of hydrogen-bond acceptors (Lipinski definition) is 5. The second-order valence-electron chi connectivity index (χ2n) is 6.08. The molecule has 0 saturated heterocycles. The van der Waals surface area contributed by atoms with Gasteiger partial charge >= 0.3 is 71.1 Å². The number of aliphatic imine (C=N–C) groups is 1. The van der Waals surface area contributed by atoms with E-state index in [1.807, 2.05) is 0 Å². The Morgan fingerprint density at radius 2 is 1.88 bits per heavy atom. The van der Waals surface area contributed by atoms with Gasteiger partial charge in [-0.15, -0.1) is 0 Å². The largest absolute Gasteiger partial charge is 1.00 e. The first-order valence-corrected chi connectivity index (χ1v) is 8.37. The fourth-order valence-electron chi connectivity index (χ4n) is 3.23. The zero-order valence-electron chi connectivity index (χ0n) is 16.6. The summed E-state index contributed by atoms with van der Waals surface area (Å²) in [5.41, 5.74) is 0. The molecule has 140 valence electrons. The molecular formula is C16H30N2Na2O6+2. The summed E-state index contributed by atoms with van der Waals surface area (Å²) >= 11 is 0. The van der Waals surface area contributed by atoms with Crippen LogP contribution < -0.4 is 59.1 Å². The van der Waals surface area contributed by atoms with Gasteiger partial charge < -0.3 is 20.4 Å².